The van der Waals surface area contributed by atoms with Gasteiger partial charge in [-0.2, -0.15) is 0 Å². The Balaban J connectivity index is 1.42. The molecule has 0 heterocycles. The maximum atomic E-state index is 14.1. The lowest BCUT2D eigenvalue weighted by Crippen LogP contribution is -2.35. The van der Waals surface area contributed by atoms with E-state index in [9.17, 15) is 29.4 Å². The summed E-state index contributed by atoms with van der Waals surface area (Å²) >= 11 is 0. The zero-order chi connectivity index (χ0) is 34.4. The molecule has 0 amide bonds. The number of rotatable bonds is 6. The predicted octanol–water partition coefficient (Wildman–Crippen LogP) is 7.44. The van der Waals surface area contributed by atoms with Crippen LogP contribution in [0.25, 0.3) is 21.5 Å². The van der Waals surface area contributed by atoms with Crippen LogP contribution in [0.3, 0.4) is 0 Å². The molecular formula is C40H42O8. The first-order valence-electron chi connectivity index (χ1n) is 16.8. The Morgan fingerprint density at radius 3 is 1.19 bits per heavy atom. The second kappa shape index (κ2) is 11.0. The van der Waals surface area contributed by atoms with Crippen LogP contribution in [0.1, 0.15) is 65.5 Å². The molecule has 8 nitrogen and oxygen atoms in total. The van der Waals surface area contributed by atoms with Gasteiger partial charge < -0.3 is 19.7 Å². The van der Waals surface area contributed by atoms with E-state index in [1.165, 1.54) is 0 Å². The molecule has 250 valence electrons. The molecule has 8 heteroatoms. The van der Waals surface area contributed by atoms with Gasteiger partial charge in [0.2, 0.25) is 0 Å². The van der Waals surface area contributed by atoms with Gasteiger partial charge in [-0.25, -0.2) is 0 Å². The number of aliphatic carboxylic acids is 2. The summed E-state index contributed by atoms with van der Waals surface area (Å²) in [7, 11) is 0. The molecule has 0 saturated heterocycles. The Labute approximate surface area is 279 Å². The van der Waals surface area contributed by atoms with Crippen LogP contribution in [0.15, 0.2) is 60.7 Å². The van der Waals surface area contributed by atoms with Crippen LogP contribution in [0, 0.1) is 47.3 Å². The van der Waals surface area contributed by atoms with Crippen LogP contribution >= 0.6 is 0 Å². The van der Waals surface area contributed by atoms with Crippen molar-refractivity contribution in [2.24, 2.45) is 47.3 Å². The summed E-state index contributed by atoms with van der Waals surface area (Å²) < 4.78 is 12.7. The normalized spacial score (nSPS) is 28.8. The maximum Gasteiger partial charge on any atom is 0.315 e. The standard InChI is InChI=1S/C40H42O8/c1-39(2,3)23-11-13-25-27(17-23)33(47-37(45)31-21-9-7-19(15-21)29(31)35(41)42)26-14-12-24(40(4,5)6)18-28(26)34(25)48-38(46)32-22-10-8-20(16-22)30(32)36(43)44/h7-14,17-22,29-32H,15-16H2,1-6H3,(H,41,42)(H,43,44). The molecule has 0 radical (unpaired) electrons. The van der Waals surface area contributed by atoms with Gasteiger partial charge in [-0.3, -0.25) is 19.2 Å². The molecule has 4 bridgehead atoms. The number of ether oxygens (including phenoxy) is 2. The molecule has 8 atom stereocenters. The van der Waals surface area contributed by atoms with Gasteiger partial charge in [0, 0.05) is 21.5 Å². The highest BCUT2D eigenvalue weighted by atomic mass is 16.5. The fourth-order valence-corrected chi connectivity index (χ4v) is 8.60. The quantitative estimate of drug-likeness (QED) is 0.122. The van der Waals surface area contributed by atoms with E-state index in [4.69, 9.17) is 9.47 Å². The average Bonchev–Trinajstić information content (AvgIpc) is 3.82. The molecule has 0 spiro atoms. The van der Waals surface area contributed by atoms with Crippen molar-refractivity contribution in [3.63, 3.8) is 0 Å². The minimum Gasteiger partial charge on any atom is -0.481 e. The molecule has 3 aromatic carbocycles. The molecule has 2 saturated carbocycles. The second-order valence-electron chi connectivity index (χ2n) is 16.2. The number of carbonyl (C=O) groups excluding carboxylic acids is 2. The topological polar surface area (TPSA) is 127 Å². The Morgan fingerprint density at radius 2 is 0.875 bits per heavy atom. The number of hydrogen-bond donors (Lipinski definition) is 2. The first-order valence-corrected chi connectivity index (χ1v) is 16.8. The van der Waals surface area contributed by atoms with E-state index in [-0.39, 0.29) is 34.5 Å². The molecule has 2 fully saturated rings. The molecule has 2 N–H and O–H groups in total. The van der Waals surface area contributed by atoms with Crippen LogP contribution in [0.2, 0.25) is 0 Å². The Morgan fingerprint density at radius 1 is 0.542 bits per heavy atom. The van der Waals surface area contributed by atoms with Crippen molar-refractivity contribution in [2.75, 3.05) is 0 Å². The fraction of sp³-hybridized carbons (Fsp3) is 0.450. The maximum absolute atomic E-state index is 14.1. The Bertz CT molecular complexity index is 1810. The third-order valence-corrected chi connectivity index (χ3v) is 11.2. The molecule has 0 aromatic heterocycles. The average molecular weight is 651 g/mol. The third kappa shape index (κ3) is 5.11. The number of hydrogen-bond acceptors (Lipinski definition) is 6. The summed E-state index contributed by atoms with van der Waals surface area (Å²) in [5.74, 6) is -6.83. The summed E-state index contributed by atoms with van der Waals surface area (Å²) in [6, 6.07) is 11.6. The third-order valence-electron chi connectivity index (χ3n) is 11.2. The zero-order valence-electron chi connectivity index (χ0n) is 28.2. The molecule has 4 aliphatic carbocycles. The van der Waals surface area contributed by atoms with E-state index in [2.05, 4.69) is 41.5 Å². The highest BCUT2D eigenvalue weighted by Gasteiger charge is 2.54. The van der Waals surface area contributed by atoms with Crippen LogP contribution in [-0.2, 0) is 30.0 Å². The molecular weight excluding hydrogens is 608 g/mol. The van der Waals surface area contributed by atoms with Crippen molar-refractivity contribution in [1.29, 1.82) is 0 Å². The van der Waals surface area contributed by atoms with Gasteiger partial charge in [0.15, 0.2) is 0 Å². The highest BCUT2D eigenvalue weighted by Crippen LogP contribution is 2.52. The number of allylic oxidation sites excluding steroid dienone is 4. The lowest BCUT2D eigenvalue weighted by atomic mass is 9.82. The SMILES string of the molecule is CC(C)(C)c1ccc2c(OC(=O)C3C4C=CC(C4)C3C(=O)O)c3cc(C(C)(C)C)ccc3c(OC(=O)C3C4C=CC(C4)C3C(=O)O)c2c1. The lowest BCUT2D eigenvalue weighted by molar-refractivity contribution is -0.152. The van der Waals surface area contributed by atoms with Crippen LogP contribution in [0.4, 0.5) is 0 Å². The minimum absolute atomic E-state index is 0.211. The summed E-state index contributed by atoms with van der Waals surface area (Å²) in [4.78, 5) is 52.7. The molecule has 8 unspecified atom stereocenters. The van der Waals surface area contributed by atoms with Crippen LogP contribution < -0.4 is 9.47 Å². The van der Waals surface area contributed by atoms with Crippen LogP contribution in [0.5, 0.6) is 11.5 Å². The fourth-order valence-electron chi connectivity index (χ4n) is 8.60. The number of fused-ring (bicyclic) bond motifs is 6. The molecule has 7 rings (SSSR count). The number of carbonyl (C=O) groups is 4. The van der Waals surface area contributed by atoms with Gasteiger partial charge in [-0.1, -0.05) is 90.1 Å². The Hall–Kier alpha value is -4.46. The summed E-state index contributed by atoms with van der Waals surface area (Å²) in [6.07, 6.45) is 8.85. The van der Waals surface area contributed by atoms with Crippen LogP contribution in [-0.4, -0.2) is 34.1 Å². The van der Waals surface area contributed by atoms with Crippen molar-refractivity contribution >= 4 is 45.4 Å². The van der Waals surface area contributed by atoms with Crippen molar-refractivity contribution in [2.45, 2.75) is 65.2 Å². The van der Waals surface area contributed by atoms with Gasteiger partial charge in [-0.15, -0.1) is 0 Å². The second-order valence-corrected chi connectivity index (χ2v) is 16.2. The largest absolute Gasteiger partial charge is 0.481 e. The van der Waals surface area contributed by atoms with E-state index in [1.807, 2.05) is 60.7 Å². The van der Waals surface area contributed by atoms with Gasteiger partial charge in [0.1, 0.15) is 11.5 Å². The molecule has 0 aliphatic heterocycles. The summed E-state index contributed by atoms with van der Waals surface area (Å²) in [5.41, 5.74) is 1.38. The number of esters is 2. The lowest BCUT2D eigenvalue weighted by Gasteiger charge is -2.27. The molecule has 4 aliphatic rings. The predicted molar refractivity (Wildman–Crippen MR) is 181 cm³/mol. The highest BCUT2D eigenvalue weighted by molar-refractivity contribution is 6.13. The van der Waals surface area contributed by atoms with E-state index < -0.39 is 47.5 Å². The van der Waals surface area contributed by atoms with Gasteiger partial charge >= 0.3 is 23.9 Å². The van der Waals surface area contributed by atoms with E-state index in [0.29, 0.717) is 45.9 Å². The van der Waals surface area contributed by atoms with Gasteiger partial charge in [0.05, 0.1) is 23.7 Å². The molecule has 3 aromatic rings. The molecule has 48 heavy (non-hydrogen) atoms. The van der Waals surface area contributed by atoms with Gasteiger partial charge in [-0.05, 0) is 70.6 Å². The first-order chi connectivity index (χ1) is 22.5. The smallest absolute Gasteiger partial charge is 0.315 e. The summed E-state index contributed by atoms with van der Waals surface area (Å²) in [6.45, 7) is 12.4. The minimum atomic E-state index is -1.01. The number of carboxylic acid groups (broad SMARTS) is 2. The zero-order valence-corrected chi connectivity index (χ0v) is 28.2. The van der Waals surface area contributed by atoms with Crippen molar-refractivity contribution in [3.05, 3.63) is 71.8 Å². The monoisotopic (exact) mass is 650 g/mol. The van der Waals surface area contributed by atoms with E-state index >= 15 is 0 Å². The van der Waals surface area contributed by atoms with E-state index in [1.54, 1.807) is 0 Å². The first kappa shape index (κ1) is 32.1. The number of carboxylic acids is 2. The van der Waals surface area contributed by atoms with Crippen molar-refractivity contribution in [1.82, 2.24) is 0 Å². The van der Waals surface area contributed by atoms with Crippen molar-refractivity contribution in [3.8, 4) is 11.5 Å². The van der Waals surface area contributed by atoms with Crippen molar-refractivity contribution < 1.29 is 38.9 Å². The summed E-state index contributed by atoms with van der Waals surface area (Å²) in [5, 5.41) is 22.3. The van der Waals surface area contributed by atoms with E-state index in [0.717, 1.165) is 11.1 Å². The van der Waals surface area contributed by atoms with Gasteiger partial charge in [0.25, 0.3) is 0 Å². The Kier molecular flexibility index (Phi) is 7.38. The number of benzene rings is 3.